The molecule has 2 N–H and O–H groups in total. The smallest absolute Gasteiger partial charge is 0.220 e. The largest absolute Gasteiger partial charge is 0.369 e. The summed E-state index contributed by atoms with van der Waals surface area (Å²) >= 11 is 0. The molecule has 0 saturated carbocycles. The van der Waals surface area contributed by atoms with Crippen LogP contribution in [0.15, 0.2) is 48.5 Å². The quantitative estimate of drug-likeness (QED) is 0.851. The molecule has 0 atom stereocenters. The van der Waals surface area contributed by atoms with Gasteiger partial charge in [-0.3, -0.25) is 9.63 Å². The summed E-state index contributed by atoms with van der Waals surface area (Å²) in [5.74, 6) is 0.282. The third-order valence-electron chi connectivity index (χ3n) is 5.09. The second kappa shape index (κ2) is 8.47. The van der Waals surface area contributed by atoms with Crippen molar-refractivity contribution in [3.63, 3.8) is 0 Å². The molecule has 26 heavy (non-hydrogen) atoms. The lowest BCUT2D eigenvalue weighted by atomic mass is 9.92. The molecule has 4 heteroatoms. The van der Waals surface area contributed by atoms with E-state index in [0.29, 0.717) is 12.5 Å². The van der Waals surface area contributed by atoms with Crippen molar-refractivity contribution in [3.05, 3.63) is 59.7 Å². The van der Waals surface area contributed by atoms with Gasteiger partial charge in [-0.2, -0.15) is 5.06 Å². The Morgan fingerprint density at radius 3 is 2.58 bits per heavy atom. The summed E-state index contributed by atoms with van der Waals surface area (Å²) in [6.07, 6.45) is 1.55. The lowest BCUT2D eigenvalue weighted by molar-refractivity contribution is -0.184. The topological polar surface area (TPSA) is 55.6 Å². The second-order valence-electron chi connectivity index (χ2n) is 7.32. The first kappa shape index (κ1) is 18.6. The lowest BCUT2D eigenvalue weighted by Gasteiger charge is -2.29. The van der Waals surface area contributed by atoms with E-state index < -0.39 is 0 Å². The van der Waals surface area contributed by atoms with Gasteiger partial charge in [-0.05, 0) is 47.1 Å². The normalized spacial score (nSPS) is 16.1. The third-order valence-corrected chi connectivity index (χ3v) is 5.09. The highest BCUT2D eigenvalue weighted by atomic mass is 16.7. The number of hydrogen-bond donors (Lipinski definition) is 1. The zero-order valence-corrected chi connectivity index (χ0v) is 15.7. The predicted octanol–water partition coefficient (Wildman–Crippen LogP) is 4.11. The van der Waals surface area contributed by atoms with Crippen molar-refractivity contribution in [2.45, 2.75) is 39.2 Å². The Morgan fingerprint density at radius 2 is 1.88 bits per heavy atom. The molecule has 4 nitrogen and oxygen atoms in total. The van der Waals surface area contributed by atoms with E-state index in [1.54, 1.807) is 0 Å². The fraction of sp³-hybridized carbons (Fsp3) is 0.409. The van der Waals surface area contributed by atoms with Gasteiger partial charge in [0.15, 0.2) is 0 Å². The van der Waals surface area contributed by atoms with E-state index in [1.807, 2.05) is 5.06 Å². The summed E-state index contributed by atoms with van der Waals surface area (Å²) in [5, 5.41) is 1.95. The van der Waals surface area contributed by atoms with Crippen LogP contribution in [0, 0.1) is 5.92 Å². The highest BCUT2D eigenvalue weighted by molar-refractivity contribution is 5.76. The molecule has 1 aliphatic heterocycles. The summed E-state index contributed by atoms with van der Waals surface area (Å²) in [6, 6.07) is 17.1. The molecule has 2 aromatic rings. The van der Waals surface area contributed by atoms with Gasteiger partial charge in [0.05, 0.1) is 6.61 Å². The zero-order chi connectivity index (χ0) is 18.5. The van der Waals surface area contributed by atoms with Gasteiger partial charge in [-0.25, -0.2) is 0 Å². The van der Waals surface area contributed by atoms with Crippen LogP contribution in [-0.4, -0.2) is 24.1 Å². The van der Waals surface area contributed by atoms with Gasteiger partial charge in [-0.1, -0.05) is 56.3 Å². The van der Waals surface area contributed by atoms with E-state index in [1.165, 1.54) is 16.7 Å². The first-order valence-corrected chi connectivity index (χ1v) is 9.40. The molecule has 1 heterocycles. The van der Waals surface area contributed by atoms with E-state index in [2.05, 4.69) is 62.4 Å². The average Bonchev–Trinajstić information content (AvgIpc) is 2.67. The van der Waals surface area contributed by atoms with E-state index in [4.69, 9.17) is 10.6 Å². The number of nitrogens with two attached hydrogens (primary N) is 1. The van der Waals surface area contributed by atoms with E-state index in [9.17, 15) is 4.79 Å². The first-order valence-electron chi connectivity index (χ1n) is 9.40. The van der Waals surface area contributed by atoms with E-state index in [-0.39, 0.29) is 11.8 Å². The molecule has 138 valence electrons. The maximum atomic E-state index is 11.3. The zero-order valence-electron chi connectivity index (χ0n) is 15.7. The number of primary amides is 1. The maximum Gasteiger partial charge on any atom is 0.220 e. The summed E-state index contributed by atoms with van der Waals surface area (Å²) in [4.78, 5) is 17.2. The number of hydrogen-bond acceptors (Lipinski definition) is 3. The molecule has 1 aliphatic rings. The summed E-state index contributed by atoms with van der Waals surface area (Å²) < 4.78 is 0. The van der Waals surface area contributed by atoms with Crippen LogP contribution in [0.1, 0.15) is 43.7 Å². The van der Waals surface area contributed by atoms with E-state index in [0.717, 1.165) is 31.5 Å². The molecule has 0 spiro atoms. The van der Waals surface area contributed by atoms with Crippen molar-refractivity contribution in [2.75, 3.05) is 13.1 Å². The maximum absolute atomic E-state index is 11.3. The molecule has 0 aromatic heterocycles. The number of nitrogens with zero attached hydrogens (tertiary/aromatic N) is 1. The summed E-state index contributed by atoms with van der Waals surface area (Å²) in [7, 11) is 0. The highest BCUT2D eigenvalue weighted by Crippen LogP contribution is 2.29. The molecule has 2 aromatic carbocycles. The molecule has 0 aliphatic carbocycles. The number of piperidine rings is 1. The van der Waals surface area contributed by atoms with Gasteiger partial charge in [0.1, 0.15) is 0 Å². The molecule has 0 radical (unpaired) electrons. The van der Waals surface area contributed by atoms with Crippen molar-refractivity contribution >= 4 is 5.91 Å². The Kier molecular flexibility index (Phi) is 6.07. The lowest BCUT2D eigenvalue weighted by Crippen LogP contribution is -2.38. The van der Waals surface area contributed by atoms with Crippen LogP contribution in [0.25, 0.3) is 11.1 Å². The molecule has 3 rings (SSSR count). The minimum Gasteiger partial charge on any atom is -0.369 e. The van der Waals surface area contributed by atoms with Gasteiger partial charge < -0.3 is 5.73 Å². The van der Waals surface area contributed by atoms with Gasteiger partial charge in [0.25, 0.3) is 0 Å². The standard InChI is InChI=1S/C22H28N2O2/c1-16(2)20-8-3-4-9-21(20)19-7-5-6-17(14-19)15-26-24-12-10-18(11-13-24)22(23)25/h3-9,14,16,18H,10-13,15H2,1-2H3,(H2,23,25). The molecule has 1 saturated heterocycles. The SMILES string of the molecule is CC(C)c1ccccc1-c1cccc(CON2CCC(C(N)=O)CC2)c1. The van der Waals surface area contributed by atoms with Crippen molar-refractivity contribution < 1.29 is 9.63 Å². The first-order chi connectivity index (χ1) is 12.5. The van der Waals surface area contributed by atoms with Crippen LogP contribution >= 0.6 is 0 Å². The summed E-state index contributed by atoms with van der Waals surface area (Å²) in [5.41, 5.74) is 10.4. The molecule has 1 amide bonds. The molecular formula is C22H28N2O2. The Balaban J connectivity index is 1.65. The van der Waals surface area contributed by atoms with Crippen LogP contribution in [0.3, 0.4) is 0 Å². The fourth-order valence-electron chi connectivity index (χ4n) is 3.53. The number of carbonyl (C=O) groups excluding carboxylic acids is 1. The van der Waals surface area contributed by atoms with Crippen molar-refractivity contribution in [1.29, 1.82) is 0 Å². The number of amides is 1. The van der Waals surface area contributed by atoms with Gasteiger partial charge >= 0.3 is 0 Å². The molecule has 0 bridgehead atoms. The van der Waals surface area contributed by atoms with Crippen molar-refractivity contribution in [2.24, 2.45) is 11.7 Å². The van der Waals surface area contributed by atoms with Crippen LogP contribution in [0.2, 0.25) is 0 Å². The second-order valence-corrected chi connectivity index (χ2v) is 7.32. The summed E-state index contributed by atoms with van der Waals surface area (Å²) in [6.45, 7) is 6.49. The van der Waals surface area contributed by atoms with Crippen LogP contribution in [-0.2, 0) is 16.2 Å². The van der Waals surface area contributed by atoms with Gasteiger partial charge in [0.2, 0.25) is 5.91 Å². The van der Waals surface area contributed by atoms with Gasteiger partial charge in [-0.15, -0.1) is 0 Å². The monoisotopic (exact) mass is 352 g/mol. The third kappa shape index (κ3) is 4.51. The van der Waals surface area contributed by atoms with Crippen LogP contribution < -0.4 is 5.73 Å². The minimum atomic E-state index is -0.193. The Hall–Kier alpha value is -2.17. The predicted molar refractivity (Wildman–Crippen MR) is 104 cm³/mol. The Labute approximate surface area is 155 Å². The Bertz CT molecular complexity index is 749. The molecule has 1 fully saturated rings. The molecular weight excluding hydrogens is 324 g/mol. The van der Waals surface area contributed by atoms with Crippen LogP contribution in [0.4, 0.5) is 0 Å². The number of rotatable bonds is 6. The fourth-order valence-corrected chi connectivity index (χ4v) is 3.53. The van der Waals surface area contributed by atoms with Crippen molar-refractivity contribution in [1.82, 2.24) is 5.06 Å². The minimum absolute atomic E-state index is 0.00860. The van der Waals surface area contributed by atoms with Gasteiger partial charge in [0, 0.05) is 19.0 Å². The number of carbonyl (C=O) groups is 1. The molecule has 0 unspecified atom stereocenters. The van der Waals surface area contributed by atoms with Crippen LogP contribution in [0.5, 0.6) is 0 Å². The Morgan fingerprint density at radius 1 is 1.15 bits per heavy atom. The average molecular weight is 352 g/mol. The van der Waals surface area contributed by atoms with E-state index >= 15 is 0 Å². The van der Waals surface area contributed by atoms with Crippen molar-refractivity contribution in [3.8, 4) is 11.1 Å². The highest BCUT2D eigenvalue weighted by Gasteiger charge is 2.23. The number of benzene rings is 2. The number of hydroxylamine groups is 2.